The maximum absolute atomic E-state index is 13.5. The molecule has 0 heterocycles. The quantitative estimate of drug-likeness (QED) is 0.811. The van der Waals surface area contributed by atoms with Crippen molar-refractivity contribution in [2.45, 2.75) is 25.7 Å². The molecule has 2 unspecified atom stereocenters. The van der Waals surface area contributed by atoms with Crippen LogP contribution in [0.3, 0.4) is 0 Å². The van der Waals surface area contributed by atoms with E-state index in [2.05, 4.69) is 0 Å². The molecular formula is C12H13FO2. The van der Waals surface area contributed by atoms with Gasteiger partial charge in [0.1, 0.15) is 5.82 Å². The average Bonchev–Trinajstić information content (AvgIpc) is 2.08. The molecule has 0 radical (unpaired) electrons. The SMILES string of the molecule is Cc1ccc(F)c(C2CCC2C(=O)O)c1. The van der Waals surface area contributed by atoms with Crippen LogP contribution < -0.4 is 0 Å². The molecule has 15 heavy (non-hydrogen) atoms. The van der Waals surface area contributed by atoms with Crippen LogP contribution in [0.15, 0.2) is 18.2 Å². The third kappa shape index (κ3) is 1.74. The summed E-state index contributed by atoms with van der Waals surface area (Å²) in [5.74, 6) is -1.63. The maximum Gasteiger partial charge on any atom is 0.307 e. The van der Waals surface area contributed by atoms with Gasteiger partial charge in [0.25, 0.3) is 0 Å². The number of hydrogen-bond acceptors (Lipinski definition) is 1. The fourth-order valence-corrected chi connectivity index (χ4v) is 2.12. The standard InChI is InChI=1S/C12H13FO2/c1-7-2-5-11(13)10(6-7)8-3-4-9(8)12(14)15/h2,5-6,8-9H,3-4H2,1H3,(H,14,15). The van der Waals surface area contributed by atoms with Gasteiger partial charge in [0.05, 0.1) is 5.92 Å². The predicted molar refractivity (Wildman–Crippen MR) is 54.2 cm³/mol. The summed E-state index contributed by atoms with van der Waals surface area (Å²) < 4.78 is 13.5. The molecule has 1 saturated carbocycles. The third-order valence-electron chi connectivity index (χ3n) is 3.14. The van der Waals surface area contributed by atoms with Crippen molar-refractivity contribution in [3.8, 4) is 0 Å². The van der Waals surface area contributed by atoms with Crippen molar-refractivity contribution in [1.82, 2.24) is 0 Å². The lowest BCUT2D eigenvalue weighted by Crippen LogP contribution is -2.31. The van der Waals surface area contributed by atoms with E-state index in [1.165, 1.54) is 6.07 Å². The van der Waals surface area contributed by atoms with Crippen molar-refractivity contribution >= 4 is 5.97 Å². The molecule has 0 aliphatic heterocycles. The Hall–Kier alpha value is -1.38. The van der Waals surface area contributed by atoms with E-state index >= 15 is 0 Å². The Bertz CT molecular complexity index is 401. The number of benzene rings is 1. The van der Waals surface area contributed by atoms with Crippen LogP contribution in [0.4, 0.5) is 4.39 Å². The number of hydrogen-bond donors (Lipinski definition) is 1. The third-order valence-corrected chi connectivity index (χ3v) is 3.14. The van der Waals surface area contributed by atoms with Crippen molar-refractivity contribution in [2.75, 3.05) is 0 Å². The Kier molecular flexibility index (Phi) is 2.47. The second-order valence-corrected chi connectivity index (χ2v) is 4.15. The normalized spacial score (nSPS) is 24.7. The summed E-state index contributed by atoms with van der Waals surface area (Å²) in [6, 6.07) is 4.88. The van der Waals surface area contributed by atoms with Crippen molar-refractivity contribution < 1.29 is 14.3 Å². The zero-order chi connectivity index (χ0) is 11.0. The number of rotatable bonds is 2. The molecule has 0 amide bonds. The Labute approximate surface area is 87.7 Å². The minimum atomic E-state index is -0.813. The average molecular weight is 208 g/mol. The Balaban J connectivity index is 2.30. The molecule has 1 aromatic carbocycles. The van der Waals surface area contributed by atoms with E-state index < -0.39 is 11.9 Å². The number of carboxylic acids is 1. The Morgan fingerprint density at radius 2 is 2.20 bits per heavy atom. The van der Waals surface area contributed by atoms with E-state index in [1.807, 2.05) is 6.92 Å². The van der Waals surface area contributed by atoms with E-state index in [0.29, 0.717) is 12.0 Å². The van der Waals surface area contributed by atoms with E-state index in [-0.39, 0.29) is 11.7 Å². The predicted octanol–water partition coefficient (Wildman–Crippen LogP) is 2.71. The van der Waals surface area contributed by atoms with Gasteiger partial charge in [-0.05, 0) is 31.4 Å². The molecule has 0 bridgehead atoms. The summed E-state index contributed by atoms with van der Waals surface area (Å²) in [5.41, 5.74) is 1.54. The maximum atomic E-state index is 13.5. The van der Waals surface area contributed by atoms with Crippen LogP contribution in [-0.2, 0) is 4.79 Å². The molecule has 2 atom stereocenters. The lowest BCUT2D eigenvalue weighted by molar-refractivity contribution is -0.145. The van der Waals surface area contributed by atoms with Gasteiger partial charge in [-0.1, -0.05) is 17.7 Å². The zero-order valence-electron chi connectivity index (χ0n) is 8.53. The van der Waals surface area contributed by atoms with E-state index in [1.54, 1.807) is 12.1 Å². The lowest BCUT2D eigenvalue weighted by Gasteiger charge is -2.34. The van der Waals surface area contributed by atoms with Crippen LogP contribution in [-0.4, -0.2) is 11.1 Å². The minimum absolute atomic E-state index is 0.137. The van der Waals surface area contributed by atoms with Crippen LogP contribution in [0, 0.1) is 18.7 Å². The monoisotopic (exact) mass is 208 g/mol. The summed E-state index contributed by atoms with van der Waals surface area (Å²) in [7, 11) is 0. The van der Waals surface area contributed by atoms with Gasteiger partial charge in [-0.25, -0.2) is 4.39 Å². The lowest BCUT2D eigenvalue weighted by atomic mass is 9.70. The minimum Gasteiger partial charge on any atom is -0.481 e. The van der Waals surface area contributed by atoms with Crippen LogP contribution in [0.5, 0.6) is 0 Å². The second kappa shape index (κ2) is 3.65. The van der Waals surface area contributed by atoms with E-state index in [4.69, 9.17) is 5.11 Å². The summed E-state index contributed by atoms with van der Waals surface area (Å²) >= 11 is 0. The Morgan fingerprint density at radius 1 is 1.47 bits per heavy atom. The first kappa shape index (κ1) is 10.1. The number of aliphatic carboxylic acids is 1. The molecule has 2 rings (SSSR count). The number of carbonyl (C=O) groups is 1. The molecule has 1 fully saturated rings. The molecule has 0 spiro atoms. The fourth-order valence-electron chi connectivity index (χ4n) is 2.12. The molecule has 2 nitrogen and oxygen atoms in total. The fraction of sp³-hybridized carbons (Fsp3) is 0.417. The summed E-state index contributed by atoms with van der Waals surface area (Å²) in [6.45, 7) is 1.89. The molecule has 3 heteroatoms. The van der Waals surface area contributed by atoms with Gasteiger partial charge in [-0.15, -0.1) is 0 Å². The van der Waals surface area contributed by atoms with Crippen LogP contribution in [0.25, 0.3) is 0 Å². The van der Waals surface area contributed by atoms with Gasteiger partial charge in [0.2, 0.25) is 0 Å². The van der Waals surface area contributed by atoms with Gasteiger partial charge in [0, 0.05) is 5.92 Å². The first-order valence-electron chi connectivity index (χ1n) is 5.08. The van der Waals surface area contributed by atoms with E-state index in [9.17, 15) is 9.18 Å². The highest BCUT2D eigenvalue weighted by atomic mass is 19.1. The number of aryl methyl sites for hydroxylation is 1. The summed E-state index contributed by atoms with van der Waals surface area (Å²) in [4.78, 5) is 10.8. The van der Waals surface area contributed by atoms with Crippen molar-refractivity contribution in [1.29, 1.82) is 0 Å². The molecule has 0 saturated heterocycles. The topological polar surface area (TPSA) is 37.3 Å². The first-order valence-corrected chi connectivity index (χ1v) is 5.08. The summed E-state index contributed by atoms with van der Waals surface area (Å²) in [5, 5.41) is 8.90. The number of halogens is 1. The largest absolute Gasteiger partial charge is 0.481 e. The molecule has 1 N–H and O–H groups in total. The van der Waals surface area contributed by atoms with Crippen LogP contribution in [0.1, 0.15) is 29.9 Å². The molecule has 1 aliphatic carbocycles. The van der Waals surface area contributed by atoms with Gasteiger partial charge in [-0.3, -0.25) is 4.79 Å². The van der Waals surface area contributed by atoms with Crippen molar-refractivity contribution in [3.05, 3.63) is 35.1 Å². The van der Waals surface area contributed by atoms with Crippen molar-refractivity contribution in [2.24, 2.45) is 5.92 Å². The molecule has 1 aliphatic rings. The van der Waals surface area contributed by atoms with Gasteiger partial charge in [-0.2, -0.15) is 0 Å². The van der Waals surface area contributed by atoms with Gasteiger partial charge < -0.3 is 5.11 Å². The first-order chi connectivity index (χ1) is 7.09. The molecule has 0 aromatic heterocycles. The summed E-state index contributed by atoms with van der Waals surface area (Å²) in [6.07, 6.45) is 1.44. The molecular weight excluding hydrogens is 195 g/mol. The van der Waals surface area contributed by atoms with Gasteiger partial charge >= 0.3 is 5.97 Å². The van der Waals surface area contributed by atoms with Gasteiger partial charge in [0.15, 0.2) is 0 Å². The smallest absolute Gasteiger partial charge is 0.307 e. The zero-order valence-corrected chi connectivity index (χ0v) is 8.53. The second-order valence-electron chi connectivity index (χ2n) is 4.15. The van der Waals surface area contributed by atoms with Crippen molar-refractivity contribution in [3.63, 3.8) is 0 Å². The molecule has 80 valence electrons. The van der Waals surface area contributed by atoms with Crippen LogP contribution in [0.2, 0.25) is 0 Å². The Morgan fingerprint density at radius 3 is 2.73 bits per heavy atom. The highest BCUT2D eigenvalue weighted by Gasteiger charge is 2.38. The van der Waals surface area contributed by atoms with E-state index in [0.717, 1.165) is 12.0 Å². The number of carboxylic acid groups (broad SMARTS) is 1. The highest BCUT2D eigenvalue weighted by Crippen LogP contribution is 2.43. The highest BCUT2D eigenvalue weighted by molar-refractivity contribution is 5.72. The van der Waals surface area contributed by atoms with Crippen LogP contribution >= 0.6 is 0 Å². The molecule has 1 aromatic rings.